The van der Waals surface area contributed by atoms with Crippen LogP contribution in [0.3, 0.4) is 0 Å². The molecule has 0 N–H and O–H groups in total. The average Bonchev–Trinajstić information content (AvgIpc) is 2.84. The summed E-state index contributed by atoms with van der Waals surface area (Å²) in [5, 5.41) is 4.88. The number of nitrogens with zero attached hydrogens (tertiary/aromatic N) is 2. The van der Waals surface area contributed by atoms with E-state index in [1.54, 1.807) is 49.6 Å². The standard InChI is InChI=1S/C17H14N2O4/c1-22-12-8-7-11(15(9-12)23-2)10-18-19-16(20)13-5-3-4-6-14(13)17(19)21/h3-10H,1-2H3. The molecule has 23 heavy (non-hydrogen) atoms. The molecule has 0 saturated carbocycles. The summed E-state index contributed by atoms with van der Waals surface area (Å²) >= 11 is 0. The molecule has 0 bridgehead atoms. The Kier molecular flexibility index (Phi) is 3.80. The monoisotopic (exact) mass is 310 g/mol. The zero-order chi connectivity index (χ0) is 16.4. The highest BCUT2D eigenvalue weighted by Gasteiger charge is 2.35. The van der Waals surface area contributed by atoms with Crippen LogP contribution in [0.4, 0.5) is 0 Å². The third-order valence-electron chi connectivity index (χ3n) is 3.53. The number of amides is 2. The fourth-order valence-corrected chi connectivity index (χ4v) is 2.33. The summed E-state index contributed by atoms with van der Waals surface area (Å²) in [6.45, 7) is 0. The van der Waals surface area contributed by atoms with Crippen molar-refractivity contribution in [2.75, 3.05) is 14.2 Å². The number of carbonyl (C=O) groups is 2. The highest BCUT2D eigenvalue weighted by atomic mass is 16.5. The minimum Gasteiger partial charge on any atom is -0.497 e. The minimum atomic E-state index is -0.436. The molecule has 6 nitrogen and oxygen atoms in total. The van der Waals surface area contributed by atoms with Crippen molar-refractivity contribution in [1.29, 1.82) is 0 Å². The van der Waals surface area contributed by atoms with Gasteiger partial charge in [-0.2, -0.15) is 10.1 Å². The third kappa shape index (κ3) is 2.55. The molecule has 0 atom stereocenters. The molecule has 0 fully saturated rings. The molecule has 0 radical (unpaired) electrons. The summed E-state index contributed by atoms with van der Waals surface area (Å²) in [7, 11) is 3.08. The predicted molar refractivity (Wildman–Crippen MR) is 84.1 cm³/mol. The number of carbonyl (C=O) groups excluding carboxylic acids is 2. The number of hydrazone groups is 1. The number of ether oxygens (including phenoxy) is 2. The van der Waals surface area contributed by atoms with Crippen LogP contribution in [0.15, 0.2) is 47.6 Å². The molecular weight excluding hydrogens is 296 g/mol. The first-order valence-electron chi connectivity index (χ1n) is 6.89. The van der Waals surface area contributed by atoms with E-state index in [1.807, 2.05) is 0 Å². The lowest BCUT2D eigenvalue weighted by Gasteiger charge is -2.09. The van der Waals surface area contributed by atoms with Crippen LogP contribution in [0.2, 0.25) is 0 Å². The number of benzene rings is 2. The van der Waals surface area contributed by atoms with Gasteiger partial charge in [0.15, 0.2) is 0 Å². The number of hydrogen-bond donors (Lipinski definition) is 0. The maximum Gasteiger partial charge on any atom is 0.282 e. The highest BCUT2D eigenvalue weighted by molar-refractivity contribution is 6.21. The Morgan fingerprint density at radius 3 is 2.17 bits per heavy atom. The molecule has 116 valence electrons. The van der Waals surface area contributed by atoms with Crippen molar-refractivity contribution in [2.45, 2.75) is 0 Å². The van der Waals surface area contributed by atoms with Crippen molar-refractivity contribution in [3.63, 3.8) is 0 Å². The molecule has 2 aromatic rings. The molecule has 0 spiro atoms. The van der Waals surface area contributed by atoms with Crippen LogP contribution in [0, 0.1) is 0 Å². The zero-order valence-corrected chi connectivity index (χ0v) is 12.6. The van der Waals surface area contributed by atoms with Gasteiger partial charge in [0.25, 0.3) is 11.8 Å². The van der Waals surface area contributed by atoms with Crippen LogP contribution >= 0.6 is 0 Å². The van der Waals surface area contributed by atoms with Gasteiger partial charge in [-0.1, -0.05) is 12.1 Å². The Hall–Kier alpha value is -3.15. The van der Waals surface area contributed by atoms with Crippen LogP contribution in [-0.2, 0) is 0 Å². The summed E-state index contributed by atoms with van der Waals surface area (Å²) in [6.07, 6.45) is 1.42. The van der Waals surface area contributed by atoms with Crippen LogP contribution in [-0.4, -0.2) is 37.3 Å². The molecule has 0 aliphatic carbocycles. The molecule has 3 rings (SSSR count). The van der Waals surface area contributed by atoms with E-state index >= 15 is 0 Å². The van der Waals surface area contributed by atoms with E-state index in [0.717, 1.165) is 5.01 Å². The van der Waals surface area contributed by atoms with Crippen LogP contribution in [0.1, 0.15) is 26.3 Å². The van der Waals surface area contributed by atoms with Gasteiger partial charge in [-0.05, 0) is 24.3 Å². The van der Waals surface area contributed by atoms with Crippen molar-refractivity contribution < 1.29 is 19.1 Å². The van der Waals surface area contributed by atoms with E-state index < -0.39 is 11.8 Å². The fraction of sp³-hybridized carbons (Fsp3) is 0.118. The summed E-state index contributed by atoms with van der Waals surface area (Å²) in [6, 6.07) is 11.8. The minimum absolute atomic E-state index is 0.358. The Bertz CT molecular complexity index is 779. The van der Waals surface area contributed by atoms with E-state index in [1.165, 1.54) is 13.3 Å². The number of methoxy groups -OCH3 is 2. The van der Waals surface area contributed by atoms with Gasteiger partial charge in [0.05, 0.1) is 31.6 Å². The van der Waals surface area contributed by atoms with Crippen molar-refractivity contribution in [2.24, 2.45) is 5.10 Å². The van der Waals surface area contributed by atoms with Gasteiger partial charge in [0, 0.05) is 11.6 Å². The van der Waals surface area contributed by atoms with Crippen molar-refractivity contribution >= 4 is 18.0 Å². The Labute approximate surface area is 132 Å². The predicted octanol–water partition coefficient (Wildman–Crippen LogP) is 2.33. The number of imide groups is 1. The van der Waals surface area contributed by atoms with Gasteiger partial charge < -0.3 is 9.47 Å². The lowest BCUT2D eigenvalue weighted by molar-refractivity contribution is 0.0660. The molecule has 6 heteroatoms. The molecule has 2 aromatic carbocycles. The number of rotatable bonds is 4. The van der Waals surface area contributed by atoms with Crippen molar-refractivity contribution in [3.05, 3.63) is 59.2 Å². The molecule has 1 heterocycles. The molecule has 0 aromatic heterocycles. The topological polar surface area (TPSA) is 68.2 Å². The lowest BCUT2D eigenvalue weighted by atomic mass is 10.1. The summed E-state index contributed by atoms with van der Waals surface area (Å²) < 4.78 is 10.4. The van der Waals surface area contributed by atoms with Gasteiger partial charge in [0.2, 0.25) is 0 Å². The SMILES string of the molecule is COc1ccc(C=NN2C(=O)c3ccccc3C2=O)c(OC)c1. The molecule has 0 unspecified atom stereocenters. The number of hydrogen-bond acceptors (Lipinski definition) is 5. The Morgan fingerprint density at radius 1 is 0.957 bits per heavy atom. The normalized spacial score (nSPS) is 13.6. The largest absolute Gasteiger partial charge is 0.497 e. The molecule has 1 aliphatic heterocycles. The highest BCUT2D eigenvalue weighted by Crippen LogP contribution is 2.25. The van der Waals surface area contributed by atoms with E-state index in [2.05, 4.69) is 5.10 Å². The average molecular weight is 310 g/mol. The summed E-state index contributed by atoms with van der Waals surface area (Å²) in [5.41, 5.74) is 1.34. The van der Waals surface area contributed by atoms with Gasteiger partial charge in [-0.15, -0.1) is 0 Å². The fourth-order valence-electron chi connectivity index (χ4n) is 2.33. The second kappa shape index (κ2) is 5.92. The van der Waals surface area contributed by atoms with Gasteiger partial charge in [0.1, 0.15) is 11.5 Å². The lowest BCUT2D eigenvalue weighted by Crippen LogP contribution is -2.24. The van der Waals surface area contributed by atoms with E-state index in [4.69, 9.17) is 9.47 Å². The van der Waals surface area contributed by atoms with E-state index in [0.29, 0.717) is 28.2 Å². The summed E-state index contributed by atoms with van der Waals surface area (Å²) in [4.78, 5) is 24.4. The second-order valence-electron chi connectivity index (χ2n) is 4.82. The maximum absolute atomic E-state index is 12.2. The number of fused-ring (bicyclic) bond motifs is 1. The van der Waals surface area contributed by atoms with Crippen LogP contribution < -0.4 is 9.47 Å². The Balaban J connectivity index is 1.90. The van der Waals surface area contributed by atoms with E-state index in [-0.39, 0.29) is 0 Å². The smallest absolute Gasteiger partial charge is 0.282 e. The third-order valence-corrected chi connectivity index (χ3v) is 3.53. The molecular formula is C17H14N2O4. The van der Waals surface area contributed by atoms with Gasteiger partial charge >= 0.3 is 0 Å². The summed E-state index contributed by atoms with van der Waals surface area (Å²) in [5.74, 6) is 0.299. The maximum atomic E-state index is 12.2. The van der Waals surface area contributed by atoms with Crippen LogP contribution in [0.25, 0.3) is 0 Å². The first-order valence-corrected chi connectivity index (χ1v) is 6.89. The zero-order valence-electron chi connectivity index (χ0n) is 12.6. The second-order valence-corrected chi connectivity index (χ2v) is 4.82. The quantitative estimate of drug-likeness (QED) is 0.642. The van der Waals surface area contributed by atoms with E-state index in [9.17, 15) is 9.59 Å². The van der Waals surface area contributed by atoms with Crippen molar-refractivity contribution in [3.8, 4) is 11.5 Å². The molecule has 1 aliphatic rings. The first kappa shape index (κ1) is 14.8. The molecule has 2 amide bonds. The van der Waals surface area contributed by atoms with Crippen molar-refractivity contribution in [1.82, 2.24) is 5.01 Å². The van der Waals surface area contributed by atoms with Gasteiger partial charge in [-0.25, -0.2) is 0 Å². The molecule has 0 saturated heterocycles. The van der Waals surface area contributed by atoms with Crippen LogP contribution in [0.5, 0.6) is 11.5 Å². The van der Waals surface area contributed by atoms with Gasteiger partial charge in [-0.3, -0.25) is 9.59 Å². The first-order chi connectivity index (χ1) is 11.2. The Morgan fingerprint density at radius 2 is 1.61 bits per heavy atom.